The van der Waals surface area contributed by atoms with E-state index in [1.165, 1.54) is 11.1 Å². The number of rotatable bonds is 12. The molecule has 3 rings (SSSR count). The van der Waals surface area contributed by atoms with Crippen LogP contribution in [0.5, 0.6) is 5.75 Å². The first-order chi connectivity index (χ1) is 15.9. The largest absolute Gasteiger partial charge is 0.491 e. The van der Waals surface area contributed by atoms with Crippen LogP contribution in [0.1, 0.15) is 28.1 Å². The molecule has 178 valence electrons. The SMILES string of the molecule is COCCc1ccc(OCC(O)CN(C)Cc2c(C)nn(Cc3ccccc3Cl)c2C)cc1. The summed E-state index contributed by atoms with van der Waals surface area (Å²) < 4.78 is 12.9. The van der Waals surface area contributed by atoms with Crippen LogP contribution in [0, 0.1) is 13.8 Å². The zero-order valence-corrected chi connectivity index (χ0v) is 20.7. The monoisotopic (exact) mass is 471 g/mol. The minimum Gasteiger partial charge on any atom is -0.491 e. The molecule has 0 amide bonds. The maximum Gasteiger partial charge on any atom is 0.119 e. The number of nitrogens with zero attached hydrogens (tertiary/aromatic N) is 3. The highest BCUT2D eigenvalue weighted by atomic mass is 35.5. The van der Waals surface area contributed by atoms with E-state index >= 15 is 0 Å². The Kier molecular flexibility index (Phi) is 9.32. The Bertz CT molecular complexity index is 1020. The second-order valence-electron chi connectivity index (χ2n) is 8.45. The number of aliphatic hydroxyl groups excluding tert-OH is 1. The van der Waals surface area contributed by atoms with E-state index < -0.39 is 6.10 Å². The second kappa shape index (κ2) is 12.2. The average molecular weight is 472 g/mol. The molecule has 1 N–H and O–H groups in total. The third kappa shape index (κ3) is 7.30. The summed E-state index contributed by atoms with van der Waals surface area (Å²) in [6.07, 6.45) is 0.278. The van der Waals surface area contributed by atoms with Gasteiger partial charge in [-0.1, -0.05) is 41.9 Å². The zero-order chi connectivity index (χ0) is 23.8. The molecule has 0 aliphatic heterocycles. The van der Waals surface area contributed by atoms with Gasteiger partial charge in [-0.2, -0.15) is 5.10 Å². The number of methoxy groups -OCH3 is 1. The molecule has 0 saturated carbocycles. The molecule has 7 heteroatoms. The summed E-state index contributed by atoms with van der Waals surface area (Å²) >= 11 is 6.32. The van der Waals surface area contributed by atoms with Crippen molar-refractivity contribution in [3.8, 4) is 5.75 Å². The molecule has 6 nitrogen and oxygen atoms in total. The van der Waals surface area contributed by atoms with Gasteiger partial charge in [0.2, 0.25) is 0 Å². The molecule has 33 heavy (non-hydrogen) atoms. The van der Waals surface area contributed by atoms with Gasteiger partial charge in [0.15, 0.2) is 0 Å². The molecule has 0 radical (unpaired) electrons. The lowest BCUT2D eigenvalue weighted by Gasteiger charge is -2.21. The van der Waals surface area contributed by atoms with Crippen molar-refractivity contribution in [2.45, 2.75) is 39.5 Å². The molecule has 3 aromatic rings. The van der Waals surface area contributed by atoms with Crippen molar-refractivity contribution in [2.75, 3.05) is 33.9 Å². The van der Waals surface area contributed by atoms with E-state index in [1.54, 1.807) is 7.11 Å². The topological polar surface area (TPSA) is 59.8 Å². The molecule has 1 heterocycles. The van der Waals surface area contributed by atoms with Gasteiger partial charge in [-0.3, -0.25) is 9.58 Å². The molecular formula is C26H34ClN3O3. The zero-order valence-electron chi connectivity index (χ0n) is 19.9. The Morgan fingerprint density at radius 3 is 2.55 bits per heavy atom. The number of ether oxygens (including phenoxy) is 2. The van der Waals surface area contributed by atoms with Crippen molar-refractivity contribution in [2.24, 2.45) is 0 Å². The number of aryl methyl sites for hydroxylation is 1. The first-order valence-corrected chi connectivity index (χ1v) is 11.6. The van der Waals surface area contributed by atoms with Crippen molar-refractivity contribution in [1.29, 1.82) is 0 Å². The van der Waals surface area contributed by atoms with Crippen molar-refractivity contribution in [3.63, 3.8) is 0 Å². The van der Waals surface area contributed by atoms with Crippen molar-refractivity contribution in [3.05, 3.63) is 81.6 Å². The van der Waals surface area contributed by atoms with E-state index in [9.17, 15) is 5.11 Å². The lowest BCUT2D eigenvalue weighted by molar-refractivity contribution is 0.0743. The summed E-state index contributed by atoms with van der Waals surface area (Å²) in [5.41, 5.74) is 5.52. The van der Waals surface area contributed by atoms with Gasteiger partial charge in [-0.05, 0) is 56.6 Å². The van der Waals surface area contributed by atoms with E-state index in [4.69, 9.17) is 26.2 Å². The Balaban J connectivity index is 1.51. The Morgan fingerprint density at radius 1 is 1.12 bits per heavy atom. The van der Waals surface area contributed by atoms with Gasteiger partial charge < -0.3 is 14.6 Å². The normalized spacial score (nSPS) is 12.3. The van der Waals surface area contributed by atoms with Crippen LogP contribution in [0.3, 0.4) is 0 Å². The maximum absolute atomic E-state index is 10.5. The fraction of sp³-hybridized carbons (Fsp3) is 0.423. The summed E-state index contributed by atoms with van der Waals surface area (Å²) in [7, 11) is 3.70. The smallest absolute Gasteiger partial charge is 0.119 e. The quantitative estimate of drug-likeness (QED) is 0.427. The molecule has 0 saturated heterocycles. The van der Waals surface area contributed by atoms with E-state index in [2.05, 4.69) is 11.8 Å². The molecule has 1 unspecified atom stereocenters. The number of aliphatic hydroxyl groups is 1. The van der Waals surface area contributed by atoms with Crippen molar-refractivity contribution < 1.29 is 14.6 Å². The van der Waals surface area contributed by atoms with Crippen LogP contribution in [0.2, 0.25) is 5.02 Å². The minimum atomic E-state index is -0.595. The predicted octanol–water partition coefficient (Wildman–Crippen LogP) is 4.26. The number of aromatic nitrogens is 2. The summed E-state index contributed by atoms with van der Waals surface area (Å²) in [5, 5.41) is 15.9. The molecular weight excluding hydrogens is 438 g/mol. The van der Waals surface area contributed by atoms with Gasteiger partial charge in [0.1, 0.15) is 18.5 Å². The molecule has 1 aromatic heterocycles. The standard InChI is InChI=1S/C26H34ClN3O3/c1-19-25(20(2)30(28-19)15-22-7-5-6-8-26(22)27)17-29(3)16-23(31)18-33-24-11-9-21(10-12-24)13-14-32-4/h5-12,23,31H,13-18H2,1-4H3. The molecule has 2 aromatic carbocycles. The molecule has 0 bridgehead atoms. The van der Waals surface area contributed by atoms with Crippen LogP contribution in [0.4, 0.5) is 0 Å². The first-order valence-electron chi connectivity index (χ1n) is 11.2. The highest BCUT2D eigenvalue weighted by Gasteiger charge is 2.16. The van der Waals surface area contributed by atoms with Gasteiger partial charge in [-0.25, -0.2) is 0 Å². The average Bonchev–Trinajstić information content (AvgIpc) is 3.05. The van der Waals surface area contributed by atoms with Crippen LogP contribution in [-0.2, 0) is 24.2 Å². The third-order valence-corrected chi connectivity index (χ3v) is 6.09. The van der Waals surface area contributed by atoms with Gasteiger partial charge in [-0.15, -0.1) is 0 Å². The van der Waals surface area contributed by atoms with Gasteiger partial charge in [0, 0.05) is 36.5 Å². The lowest BCUT2D eigenvalue weighted by Crippen LogP contribution is -2.33. The number of hydrogen-bond donors (Lipinski definition) is 1. The molecule has 0 fully saturated rings. The Hall–Kier alpha value is -2.38. The minimum absolute atomic E-state index is 0.242. The van der Waals surface area contributed by atoms with E-state index in [1.807, 2.05) is 67.2 Å². The summed E-state index contributed by atoms with van der Waals surface area (Å²) in [4.78, 5) is 2.10. The molecule has 1 atom stereocenters. The lowest BCUT2D eigenvalue weighted by atomic mass is 10.1. The van der Waals surface area contributed by atoms with Crippen molar-refractivity contribution in [1.82, 2.24) is 14.7 Å². The summed E-state index contributed by atoms with van der Waals surface area (Å²) in [6, 6.07) is 15.8. The van der Waals surface area contributed by atoms with Crippen LogP contribution in [-0.4, -0.2) is 59.8 Å². The van der Waals surface area contributed by atoms with Crippen LogP contribution >= 0.6 is 11.6 Å². The Morgan fingerprint density at radius 2 is 1.85 bits per heavy atom. The van der Waals surface area contributed by atoms with E-state index in [0.29, 0.717) is 26.2 Å². The third-order valence-electron chi connectivity index (χ3n) is 5.72. The summed E-state index contributed by atoms with van der Waals surface area (Å²) in [6.45, 7) is 6.88. The van der Waals surface area contributed by atoms with Crippen molar-refractivity contribution >= 4 is 11.6 Å². The number of likely N-dealkylation sites (N-methyl/N-ethyl adjacent to an activating group) is 1. The van der Waals surface area contributed by atoms with Crippen LogP contribution in [0.15, 0.2) is 48.5 Å². The molecule has 0 aliphatic carbocycles. The maximum atomic E-state index is 10.5. The summed E-state index contributed by atoms with van der Waals surface area (Å²) in [5.74, 6) is 0.755. The first kappa shape index (κ1) is 25.2. The van der Waals surface area contributed by atoms with Crippen LogP contribution in [0.25, 0.3) is 0 Å². The van der Waals surface area contributed by atoms with Gasteiger partial charge in [0.05, 0.1) is 18.8 Å². The fourth-order valence-corrected chi connectivity index (χ4v) is 4.01. The highest BCUT2D eigenvalue weighted by Crippen LogP contribution is 2.20. The molecule has 0 aliphatic rings. The van der Waals surface area contributed by atoms with Crippen LogP contribution < -0.4 is 4.74 Å². The van der Waals surface area contributed by atoms with Gasteiger partial charge in [0.25, 0.3) is 0 Å². The number of halogens is 1. The fourth-order valence-electron chi connectivity index (χ4n) is 3.82. The highest BCUT2D eigenvalue weighted by molar-refractivity contribution is 6.31. The number of benzene rings is 2. The molecule has 0 spiro atoms. The second-order valence-corrected chi connectivity index (χ2v) is 8.85. The number of hydrogen-bond acceptors (Lipinski definition) is 5. The van der Waals surface area contributed by atoms with E-state index in [-0.39, 0.29) is 6.61 Å². The predicted molar refractivity (Wildman–Crippen MR) is 132 cm³/mol. The van der Waals surface area contributed by atoms with Gasteiger partial charge >= 0.3 is 0 Å². The van der Waals surface area contributed by atoms with E-state index in [0.717, 1.165) is 34.1 Å². The Labute approximate surface area is 201 Å².